The van der Waals surface area contributed by atoms with Crippen molar-refractivity contribution in [2.75, 3.05) is 4.90 Å². The number of carboxylic acid groups (broad SMARTS) is 3. The van der Waals surface area contributed by atoms with Gasteiger partial charge in [-0.15, -0.1) is 0 Å². The fourth-order valence-corrected chi connectivity index (χ4v) is 3.55. The molecule has 1 aliphatic heterocycles. The Morgan fingerprint density at radius 2 is 1.20 bits per heavy atom. The van der Waals surface area contributed by atoms with Crippen LogP contribution in [0.1, 0.15) is 51.8 Å². The van der Waals surface area contributed by atoms with Gasteiger partial charge in [-0.25, -0.2) is 19.3 Å². The summed E-state index contributed by atoms with van der Waals surface area (Å²) < 4.78 is 0. The van der Waals surface area contributed by atoms with Crippen LogP contribution in [0.4, 0.5) is 5.69 Å². The van der Waals surface area contributed by atoms with E-state index in [0.717, 1.165) is 23.1 Å². The highest BCUT2D eigenvalue weighted by molar-refractivity contribution is 6.37. The normalized spacial score (nSPS) is 12.9. The van der Waals surface area contributed by atoms with Gasteiger partial charge in [-0.2, -0.15) is 0 Å². The number of carboxylic acids is 3. The molecule has 4 rings (SSSR count). The first-order chi connectivity index (χ1) is 14.2. The molecule has 0 radical (unpaired) electrons. The molecule has 1 heterocycles. The Kier molecular flexibility index (Phi) is 4.09. The highest BCUT2D eigenvalue weighted by atomic mass is 16.4. The summed E-state index contributed by atoms with van der Waals surface area (Å²) in [6, 6.07) is 9.88. The maximum Gasteiger partial charge on any atom is 0.336 e. The molecule has 0 aromatic heterocycles. The summed E-state index contributed by atoms with van der Waals surface area (Å²) in [6.07, 6.45) is 0. The Bertz CT molecular complexity index is 1260. The summed E-state index contributed by atoms with van der Waals surface area (Å²) in [5.41, 5.74) is -0.938. The van der Waals surface area contributed by atoms with E-state index in [1.54, 1.807) is 0 Å². The molecule has 0 bridgehead atoms. The Morgan fingerprint density at radius 1 is 0.667 bits per heavy atom. The number of carbonyl (C=O) groups is 5. The lowest BCUT2D eigenvalue weighted by molar-refractivity contribution is 0.0684. The summed E-state index contributed by atoms with van der Waals surface area (Å²) in [6.45, 7) is 0. The molecule has 0 unspecified atom stereocenters. The first-order valence-electron chi connectivity index (χ1n) is 8.50. The number of aromatic carboxylic acids is 3. The summed E-state index contributed by atoms with van der Waals surface area (Å²) in [4.78, 5) is 61.6. The van der Waals surface area contributed by atoms with Gasteiger partial charge in [0.05, 0.1) is 22.4 Å². The number of rotatable bonds is 4. The standard InChI is InChI=1S/C21H11NO8/c23-17-11-4-6-13(20(27)28)16-14(21(29)30)7-5-12(15(11)16)18(24)22(17)10-3-1-2-9(8-10)19(25)26/h1-8H,(H,25,26)(H,27,28)(H,29,30). The molecule has 0 saturated carbocycles. The van der Waals surface area contributed by atoms with Crippen molar-refractivity contribution in [2.45, 2.75) is 0 Å². The van der Waals surface area contributed by atoms with E-state index in [0.29, 0.717) is 0 Å². The fourth-order valence-electron chi connectivity index (χ4n) is 3.55. The van der Waals surface area contributed by atoms with Crippen LogP contribution in [0.2, 0.25) is 0 Å². The molecule has 3 aromatic carbocycles. The van der Waals surface area contributed by atoms with Crippen LogP contribution in [0.25, 0.3) is 10.8 Å². The van der Waals surface area contributed by atoms with Crippen LogP contribution < -0.4 is 4.90 Å². The summed E-state index contributed by atoms with van der Waals surface area (Å²) in [7, 11) is 0. The minimum Gasteiger partial charge on any atom is -0.478 e. The van der Waals surface area contributed by atoms with E-state index < -0.39 is 29.7 Å². The molecule has 0 spiro atoms. The van der Waals surface area contributed by atoms with Gasteiger partial charge >= 0.3 is 17.9 Å². The van der Waals surface area contributed by atoms with Gasteiger partial charge in [0.1, 0.15) is 0 Å². The molecule has 9 nitrogen and oxygen atoms in total. The number of hydrogen-bond donors (Lipinski definition) is 3. The highest BCUT2D eigenvalue weighted by Gasteiger charge is 2.36. The number of carbonyl (C=O) groups excluding carboxylic acids is 2. The lowest BCUT2D eigenvalue weighted by atomic mass is 9.88. The molecule has 3 N–H and O–H groups in total. The SMILES string of the molecule is O=C(O)c1cccc(N2C(=O)c3ccc(C(=O)O)c4c(C(=O)O)ccc(c34)C2=O)c1. The van der Waals surface area contributed by atoms with E-state index in [9.17, 15) is 39.3 Å². The summed E-state index contributed by atoms with van der Waals surface area (Å²) >= 11 is 0. The summed E-state index contributed by atoms with van der Waals surface area (Å²) in [5.74, 6) is -5.69. The zero-order valence-electron chi connectivity index (χ0n) is 14.9. The topological polar surface area (TPSA) is 149 Å². The number of anilines is 1. The smallest absolute Gasteiger partial charge is 0.336 e. The zero-order chi connectivity index (χ0) is 21.7. The Hall–Kier alpha value is -4.53. The number of nitrogens with zero attached hydrogens (tertiary/aromatic N) is 1. The molecule has 0 aliphatic carbocycles. The van der Waals surface area contributed by atoms with Crippen molar-refractivity contribution in [1.29, 1.82) is 0 Å². The molecule has 0 fully saturated rings. The quantitative estimate of drug-likeness (QED) is 0.561. The average Bonchev–Trinajstić information content (AvgIpc) is 2.71. The van der Waals surface area contributed by atoms with Crippen LogP contribution >= 0.6 is 0 Å². The molecular formula is C21H11NO8. The van der Waals surface area contributed by atoms with Crippen LogP contribution in [-0.2, 0) is 0 Å². The maximum atomic E-state index is 13.1. The van der Waals surface area contributed by atoms with E-state index in [1.807, 2.05) is 0 Å². The van der Waals surface area contributed by atoms with Gasteiger partial charge in [0, 0.05) is 21.9 Å². The molecule has 0 atom stereocenters. The van der Waals surface area contributed by atoms with Crippen molar-refractivity contribution in [3.05, 3.63) is 76.3 Å². The van der Waals surface area contributed by atoms with Crippen molar-refractivity contribution in [3.8, 4) is 0 Å². The third-order valence-corrected chi connectivity index (χ3v) is 4.84. The summed E-state index contributed by atoms with van der Waals surface area (Å²) in [5, 5.41) is 27.9. The van der Waals surface area contributed by atoms with Gasteiger partial charge in [0.15, 0.2) is 0 Å². The molecular weight excluding hydrogens is 394 g/mol. The Labute approximate surface area is 167 Å². The van der Waals surface area contributed by atoms with Crippen molar-refractivity contribution in [2.24, 2.45) is 0 Å². The second-order valence-corrected chi connectivity index (χ2v) is 6.48. The number of benzene rings is 3. The minimum atomic E-state index is -1.40. The number of imide groups is 1. The van der Waals surface area contributed by atoms with Gasteiger partial charge < -0.3 is 15.3 Å². The van der Waals surface area contributed by atoms with Crippen molar-refractivity contribution in [3.63, 3.8) is 0 Å². The minimum absolute atomic E-state index is 0.0216. The van der Waals surface area contributed by atoms with Gasteiger partial charge in [-0.05, 0) is 42.5 Å². The molecule has 30 heavy (non-hydrogen) atoms. The predicted octanol–water partition coefficient (Wildman–Crippen LogP) is 2.74. The van der Waals surface area contributed by atoms with Crippen molar-refractivity contribution < 1.29 is 39.3 Å². The van der Waals surface area contributed by atoms with E-state index >= 15 is 0 Å². The van der Waals surface area contributed by atoms with E-state index in [2.05, 4.69) is 0 Å². The molecule has 9 heteroatoms. The highest BCUT2D eigenvalue weighted by Crippen LogP contribution is 2.36. The van der Waals surface area contributed by atoms with Gasteiger partial charge in [-0.1, -0.05) is 6.07 Å². The molecule has 0 saturated heterocycles. The fraction of sp³-hybridized carbons (Fsp3) is 0. The van der Waals surface area contributed by atoms with Crippen LogP contribution in [0, 0.1) is 0 Å². The molecule has 1 aliphatic rings. The average molecular weight is 405 g/mol. The largest absolute Gasteiger partial charge is 0.478 e. The zero-order valence-corrected chi connectivity index (χ0v) is 14.9. The maximum absolute atomic E-state index is 13.1. The molecule has 3 aromatic rings. The predicted molar refractivity (Wildman–Crippen MR) is 102 cm³/mol. The second-order valence-electron chi connectivity index (χ2n) is 6.48. The van der Waals surface area contributed by atoms with Crippen molar-refractivity contribution in [1.82, 2.24) is 0 Å². The van der Waals surface area contributed by atoms with E-state index in [4.69, 9.17) is 0 Å². The molecule has 2 amide bonds. The Balaban J connectivity index is 2.03. The number of hydrogen-bond acceptors (Lipinski definition) is 5. The first kappa shape index (κ1) is 18.8. The van der Waals surface area contributed by atoms with Gasteiger partial charge in [-0.3, -0.25) is 9.59 Å². The van der Waals surface area contributed by atoms with Crippen LogP contribution in [0.3, 0.4) is 0 Å². The van der Waals surface area contributed by atoms with Gasteiger partial charge in [0.25, 0.3) is 11.8 Å². The lowest BCUT2D eigenvalue weighted by Crippen LogP contribution is -2.40. The van der Waals surface area contributed by atoms with E-state index in [-0.39, 0.29) is 44.3 Å². The number of amides is 2. The lowest BCUT2D eigenvalue weighted by Gasteiger charge is -2.28. The van der Waals surface area contributed by atoms with Gasteiger partial charge in [0.2, 0.25) is 0 Å². The van der Waals surface area contributed by atoms with E-state index in [1.165, 1.54) is 30.3 Å². The molecule has 148 valence electrons. The van der Waals surface area contributed by atoms with Crippen LogP contribution in [-0.4, -0.2) is 45.0 Å². The monoisotopic (exact) mass is 405 g/mol. The van der Waals surface area contributed by atoms with Crippen LogP contribution in [0.5, 0.6) is 0 Å². The van der Waals surface area contributed by atoms with Crippen LogP contribution in [0.15, 0.2) is 48.5 Å². The van der Waals surface area contributed by atoms with Crippen molar-refractivity contribution >= 4 is 46.2 Å². The third kappa shape index (κ3) is 2.60. The first-order valence-corrected chi connectivity index (χ1v) is 8.50. The Morgan fingerprint density at radius 3 is 1.67 bits per heavy atom. The third-order valence-electron chi connectivity index (χ3n) is 4.84. The second kappa shape index (κ2) is 6.52.